The van der Waals surface area contributed by atoms with Crippen molar-refractivity contribution in [2.24, 2.45) is 11.3 Å². The molecule has 1 atom stereocenters. The van der Waals surface area contributed by atoms with Gasteiger partial charge in [0.05, 0.1) is 0 Å². The summed E-state index contributed by atoms with van der Waals surface area (Å²) in [5, 5.41) is 0. The van der Waals surface area contributed by atoms with E-state index in [2.05, 4.69) is 11.8 Å². The van der Waals surface area contributed by atoms with Gasteiger partial charge >= 0.3 is 0 Å². The third-order valence-electron chi connectivity index (χ3n) is 5.10. The van der Waals surface area contributed by atoms with E-state index in [-0.39, 0.29) is 11.2 Å². The molecule has 3 heteroatoms. The van der Waals surface area contributed by atoms with Gasteiger partial charge in [0.2, 0.25) is 5.91 Å². The molecule has 114 valence electrons. The van der Waals surface area contributed by atoms with Crippen molar-refractivity contribution in [2.75, 3.05) is 13.1 Å². The number of hydrogen-bond acceptors (Lipinski definition) is 1. The molecule has 1 unspecified atom stereocenters. The summed E-state index contributed by atoms with van der Waals surface area (Å²) in [7, 11) is 0. The molecule has 3 rings (SSSR count). The molecule has 1 aliphatic carbocycles. The Morgan fingerprint density at radius 3 is 2.86 bits per heavy atom. The van der Waals surface area contributed by atoms with E-state index in [9.17, 15) is 9.18 Å². The van der Waals surface area contributed by atoms with Crippen LogP contribution in [0.15, 0.2) is 24.3 Å². The van der Waals surface area contributed by atoms with Gasteiger partial charge in [-0.3, -0.25) is 4.79 Å². The van der Waals surface area contributed by atoms with E-state index in [0.717, 1.165) is 57.2 Å². The molecule has 0 aromatic heterocycles. The molecular formula is C18H24FNO. The van der Waals surface area contributed by atoms with Crippen molar-refractivity contribution in [1.82, 2.24) is 4.90 Å². The van der Waals surface area contributed by atoms with Crippen molar-refractivity contribution < 1.29 is 9.18 Å². The first-order valence-electron chi connectivity index (χ1n) is 8.11. The predicted octanol–water partition coefficient (Wildman–Crippen LogP) is 3.80. The molecule has 0 spiro atoms. The van der Waals surface area contributed by atoms with E-state index in [1.54, 1.807) is 6.07 Å². The number of nitrogens with zero attached hydrogens (tertiary/aromatic N) is 1. The zero-order valence-corrected chi connectivity index (χ0v) is 12.8. The third-order valence-corrected chi connectivity index (χ3v) is 5.10. The van der Waals surface area contributed by atoms with Gasteiger partial charge < -0.3 is 4.90 Å². The molecule has 1 aliphatic heterocycles. The minimum absolute atomic E-state index is 0.0621. The molecule has 1 saturated heterocycles. The Kier molecular flexibility index (Phi) is 4.01. The van der Waals surface area contributed by atoms with Crippen LogP contribution in [-0.2, 0) is 11.2 Å². The van der Waals surface area contributed by atoms with E-state index in [0.29, 0.717) is 11.8 Å². The van der Waals surface area contributed by atoms with Gasteiger partial charge in [-0.1, -0.05) is 25.1 Å². The number of halogens is 1. The monoisotopic (exact) mass is 289 g/mol. The molecule has 1 aromatic carbocycles. The van der Waals surface area contributed by atoms with Crippen LogP contribution in [-0.4, -0.2) is 23.9 Å². The Labute approximate surface area is 126 Å². The van der Waals surface area contributed by atoms with Crippen LogP contribution in [0.1, 0.15) is 44.6 Å². The first kappa shape index (κ1) is 14.6. The average molecular weight is 289 g/mol. The van der Waals surface area contributed by atoms with Crippen molar-refractivity contribution in [3.8, 4) is 0 Å². The van der Waals surface area contributed by atoms with Crippen LogP contribution < -0.4 is 0 Å². The van der Waals surface area contributed by atoms with E-state index >= 15 is 0 Å². The Balaban J connectivity index is 1.54. The van der Waals surface area contributed by atoms with Crippen LogP contribution in [0.3, 0.4) is 0 Å². The fraction of sp³-hybridized carbons (Fsp3) is 0.611. The first-order chi connectivity index (χ1) is 10.1. The molecule has 1 aromatic rings. The lowest BCUT2D eigenvalue weighted by molar-refractivity contribution is -0.138. The molecule has 21 heavy (non-hydrogen) atoms. The van der Waals surface area contributed by atoms with Crippen LogP contribution in [0, 0.1) is 17.2 Å². The molecule has 0 bridgehead atoms. The Morgan fingerprint density at radius 1 is 1.38 bits per heavy atom. The fourth-order valence-electron chi connectivity index (χ4n) is 3.33. The van der Waals surface area contributed by atoms with Crippen molar-refractivity contribution >= 4 is 5.91 Å². The maximum absolute atomic E-state index is 13.6. The van der Waals surface area contributed by atoms with E-state index < -0.39 is 0 Å². The standard InChI is InChI=1S/C18H24FNO/c1-18(10-11-18)17(21)20-12-4-5-14(13-20)8-9-15-6-2-3-7-16(15)19/h2-3,6-7,14H,4-5,8-13H2,1H3. The van der Waals surface area contributed by atoms with Crippen molar-refractivity contribution in [2.45, 2.75) is 45.4 Å². The number of carbonyl (C=O) groups excluding carboxylic acids is 1. The first-order valence-corrected chi connectivity index (χ1v) is 8.11. The molecule has 2 aliphatic rings. The fourth-order valence-corrected chi connectivity index (χ4v) is 3.33. The molecule has 2 nitrogen and oxygen atoms in total. The number of amides is 1. The normalized spacial score (nSPS) is 23.9. The summed E-state index contributed by atoms with van der Waals surface area (Å²) < 4.78 is 13.6. The third kappa shape index (κ3) is 3.28. The smallest absolute Gasteiger partial charge is 0.228 e. The van der Waals surface area contributed by atoms with Gasteiger partial charge in [0.15, 0.2) is 0 Å². The number of aryl methyl sites for hydroxylation is 1. The highest BCUT2D eigenvalue weighted by molar-refractivity contribution is 5.85. The van der Waals surface area contributed by atoms with Gasteiger partial charge in [-0.15, -0.1) is 0 Å². The number of piperidine rings is 1. The van der Waals surface area contributed by atoms with Crippen LogP contribution in [0.5, 0.6) is 0 Å². The quantitative estimate of drug-likeness (QED) is 0.825. The minimum Gasteiger partial charge on any atom is -0.342 e. The van der Waals surface area contributed by atoms with Gasteiger partial charge in [-0.05, 0) is 56.1 Å². The Morgan fingerprint density at radius 2 is 2.14 bits per heavy atom. The Hall–Kier alpha value is -1.38. The number of carbonyl (C=O) groups is 1. The molecule has 0 N–H and O–H groups in total. The van der Waals surface area contributed by atoms with Crippen molar-refractivity contribution in [3.05, 3.63) is 35.6 Å². The Bertz CT molecular complexity index is 524. The van der Waals surface area contributed by atoms with E-state index in [1.165, 1.54) is 6.07 Å². The SMILES string of the molecule is CC1(C(=O)N2CCCC(CCc3ccccc3F)C2)CC1. The predicted molar refractivity (Wildman–Crippen MR) is 81.4 cm³/mol. The minimum atomic E-state index is -0.105. The zero-order valence-electron chi connectivity index (χ0n) is 12.8. The second kappa shape index (κ2) is 5.78. The van der Waals surface area contributed by atoms with Gasteiger partial charge in [-0.25, -0.2) is 4.39 Å². The second-order valence-electron chi connectivity index (χ2n) is 6.95. The highest BCUT2D eigenvalue weighted by atomic mass is 19.1. The van der Waals surface area contributed by atoms with Crippen LogP contribution in [0.2, 0.25) is 0 Å². The van der Waals surface area contributed by atoms with Crippen LogP contribution >= 0.6 is 0 Å². The second-order valence-corrected chi connectivity index (χ2v) is 6.95. The highest BCUT2D eigenvalue weighted by Gasteiger charge is 2.47. The number of likely N-dealkylation sites (tertiary alicyclic amines) is 1. The van der Waals surface area contributed by atoms with Crippen LogP contribution in [0.25, 0.3) is 0 Å². The number of hydrogen-bond donors (Lipinski definition) is 0. The van der Waals surface area contributed by atoms with Crippen molar-refractivity contribution in [1.29, 1.82) is 0 Å². The molecule has 1 amide bonds. The number of benzene rings is 1. The average Bonchev–Trinajstić information content (AvgIpc) is 3.25. The molecule has 1 saturated carbocycles. The summed E-state index contributed by atoms with van der Waals surface area (Å²) >= 11 is 0. The molecule has 2 fully saturated rings. The lowest BCUT2D eigenvalue weighted by Gasteiger charge is -2.34. The highest BCUT2D eigenvalue weighted by Crippen LogP contribution is 2.47. The lowest BCUT2D eigenvalue weighted by Crippen LogP contribution is -2.43. The molecule has 0 radical (unpaired) electrons. The van der Waals surface area contributed by atoms with Crippen LogP contribution in [0.4, 0.5) is 4.39 Å². The van der Waals surface area contributed by atoms with Gasteiger partial charge in [-0.2, -0.15) is 0 Å². The van der Waals surface area contributed by atoms with Gasteiger partial charge in [0, 0.05) is 18.5 Å². The summed E-state index contributed by atoms with van der Waals surface area (Å²) in [6.45, 7) is 3.85. The summed E-state index contributed by atoms with van der Waals surface area (Å²) in [5.74, 6) is 0.759. The summed E-state index contributed by atoms with van der Waals surface area (Å²) in [5.41, 5.74) is 0.739. The topological polar surface area (TPSA) is 20.3 Å². The number of rotatable bonds is 4. The lowest BCUT2D eigenvalue weighted by atomic mass is 9.90. The molecule has 1 heterocycles. The maximum Gasteiger partial charge on any atom is 0.228 e. The largest absolute Gasteiger partial charge is 0.342 e. The summed E-state index contributed by atoms with van der Waals surface area (Å²) in [6.07, 6.45) is 6.08. The summed E-state index contributed by atoms with van der Waals surface area (Å²) in [4.78, 5) is 14.5. The zero-order chi connectivity index (χ0) is 14.9. The van der Waals surface area contributed by atoms with Gasteiger partial charge in [0.1, 0.15) is 5.82 Å². The van der Waals surface area contributed by atoms with Gasteiger partial charge in [0.25, 0.3) is 0 Å². The maximum atomic E-state index is 13.6. The molecular weight excluding hydrogens is 265 g/mol. The van der Waals surface area contributed by atoms with E-state index in [4.69, 9.17) is 0 Å². The van der Waals surface area contributed by atoms with Crippen molar-refractivity contribution in [3.63, 3.8) is 0 Å². The van der Waals surface area contributed by atoms with E-state index in [1.807, 2.05) is 12.1 Å². The summed E-state index contributed by atoms with van der Waals surface area (Å²) in [6, 6.07) is 7.02.